The highest BCUT2D eigenvalue weighted by molar-refractivity contribution is 7.12. The van der Waals surface area contributed by atoms with Gasteiger partial charge < -0.3 is 9.47 Å². The third-order valence-electron chi connectivity index (χ3n) is 1.74. The third-order valence-corrected chi connectivity index (χ3v) is 2.59. The summed E-state index contributed by atoms with van der Waals surface area (Å²) in [6, 6.07) is 0. The van der Waals surface area contributed by atoms with Crippen LogP contribution >= 0.6 is 11.3 Å². The van der Waals surface area contributed by atoms with Crippen molar-refractivity contribution in [3.8, 4) is 0 Å². The minimum absolute atomic E-state index is 0.162. The Morgan fingerprint density at radius 3 is 3.00 bits per heavy atom. The number of thiazole rings is 1. The average molecular weight is 213 g/mol. The molecule has 2 rings (SSSR count). The molecule has 1 atom stereocenters. The van der Waals surface area contributed by atoms with Gasteiger partial charge in [-0.2, -0.15) is 0 Å². The van der Waals surface area contributed by atoms with Crippen LogP contribution in [0.15, 0.2) is 5.38 Å². The smallest absolute Gasteiger partial charge is 0.357 e. The van der Waals surface area contributed by atoms with Gasteiger partial charge in [0.1, 0.15) is 6.10 Å². The maximum atomic E-state index is 11.4. The summed E-state index contributed by atoms with van der Waals surface area (Å²) in [5.41, 5.74) is 0.168. The van der Waals surface area contributed by atoms with Crippen LogP contribution in [0, 0.1) is 0 Å². The predicted molar refractivity (Wildman–Crippen MR) is 47.5 cm³/mol. The largest absolute Gasteiger partial charge is 0.464 e. The fourth-order valence-corrected chi connectivity index (χ4v) is 1.69. The van der Waals surface area contributed by atoms with E-state index in [0.717, 1.165) is 11.3 Å². The first-order chi connectivity index (χ1) is 6.72. The summed E-state index contributed by atoms with van der Waals surface area (Å²) < 4.78 is 9.29. The molecular formula is C8H7NO4S. The molecule has 1 aliphatic rings. The normalized spacial score (nSPS) is 19.1. The van der Waals surface area contributed by atoms with E-state index in [1.165, 1.54) is 12.5 Å². The number of carbonyl (C=O) groups is 2. The molecule has 0 unspecified atom stereocenters. The standard InChI is InChI=1S/C8H7NO4S/c1-12-8(11)4-3-14-7(9-4)6(10)5-2-13-5/h3,5H,2H2,1H3/t5-/m0/s1. The lowest BCUT2D eigenvalue weighted by Crippen LogP contribution is -2.08. The molecule has 0 N–H and O–H groups in total. The van der Waals surface area contributed by atoms with Crippen molar-refractivity contribution in [1.82, 2.24) is 4.98 Å². The zero-order chi connectivity index (χ0) is 10.1. The predicted octanol–water partition coefficient (Wildman–Crippen LogP) is 0.511. The molecule has 1 aromatic heterocycles. The van der Waals surface area contributed by atoms with Crippen molar-refractivity contribution in [3.63, 3.8) is 0 Å². The first-order valence-electron chi connectivity index (χ1n) is 3.92. The van der Waals surface area contributed by atoms with Crippen LogP contribution in [0.25, 0.3) is 0 Å². The van der Waals surface area contributed by atoms with Gasteiger partial charge in [0.15, 0.2) is 10.7 Å². The number of aromatic nitrogens is 1. The van der Waals surface area contributed by atoms with Crippen LogP contribution < -0.4 is 0 Å². The second-order valence-electron chi connectivity index (χ2n) is 2.72. The van der Waals surface area contributed by atoms with Crippen LogP contribution in [0.2, 0.25) is 0 Å². The number of Topliss-reactive ketones (excluding diaryl/α,β-unsaturated/α-hetero) is 1. The fourth-order valence-electron chi connectivity index (χ4n) is 0.922. The van der Waals surface area contributed by atoms with E-state index < -0.39 is 5.97 Å². The van der Waals surface area contributed by atoms with Crippen LogP contribution in [0.4, 0.5) is 0 Å². The van der Waals surface area contributed by atoms with Crippen molar-refractivity contribution in [2.45, 2.75) is 6.10 Å². The monoisotopic (exact) mass is 213 g/mol. The van der Waals surface area contributed by atoms with Crippen LogP contribution in [-0.2, 0) is 9.47 Å². The molecule has 1 saturated heterocycles. The molecule has 0 amide bonds. The van der Waals surface area contributed by atoms with Crippen molar-refractivity contribution in [2.75, 3.05) is 13.7 Å². The Kier molecular flexibility index (Phi) is 2.30. The van der Waals surface area contributed by atoms with Gasteiger partial charge >= 0.3 is 5.97 Å². The summed E-state index contributed by atoms with van der Waals surface area (Å²) in [7, 11) is 1.27. The molecular weight excluding hydrogens is 206 g/mol. The van der Waals surface area contributed by atoms with Crippen molar-refractivity contribution >= 4 is 23.1 Å². The molecule has 0 aliphatic carbocycles. The zero-order valence-corrected chi connectivity index (χ0v) is 8.17. The Morgan fingerprint density at radius 1 is 1.71 bits per heavy atom. The van der Waals surface area contributed by atoms with E-state index in [0.29, 0.717) is 11.6 Å². The van der Waals surface area contributed by atoms with Gasteiger partial charge in [-0.05, 0) is 0 Å². The van der Waals surface area contributed by atoms with E-state index in [1.54, 1.807) is 0 Å². The highest BCUT2D eigenvalue weighted by Gasteiger charge is 2.34. The second kappa shape index (κ2) is 3.47. The summed E-state index contributed by atoms with van der Waals surface area (Å²) in [6.45, 7) is 0.450. The molecule has 0 aromatic carbocycles. The summed E-state index contributed by atoms with van der Waals surface area (Å²) in [6.07, 6.45) is -0.355. The van der Waals surface area contributed by atoms with Crippen molar-refractivity contribution in [2.24, 2.45) is 0 Å². The Morgan fingerprint density at radius 2 is 2.43 bits per heavy atom. The van der Waals surface area contributed by atoms with Crippen LogP contribution in [0.5, 0.6) is 0 Å². The van der Waals surface area contributed by atoms with E-state index in [4.69, 9.17) is 4.74 Å². The number of epoxide rings is 1. The number of methoxy groups -OCH3 is 1. The van der Waals surface area contributed by atoms with Crippen LogP contribution in [0.3, 0.4) is 0 Å². The van der Waals surface area contributed by atoms with E-state index >= 15 is 0 Å². The molecule has 14 heavy (non-hydrogen) atoms. The number of nitrogens with zero attached hydrogens (tertiary/aromatic N) is 1. The minimum atomic E-state index is -0.531. The third kappa shape index (κ3) is 1.66. The van der Waals surface area contributed by atoms with Gasteiger partial charge in [-0.3, -0.25) is 4.79 Å². The maximum absolute atomic E-state index is 11.4. The van der Waals surface area contributed by atoms with Crippen LogP contribution in [0.1, 0.15) is 20.3 Å². The van der Waals surface area contributed by atoms with Gasteiger partial charge in [0.2, 0.25) is 5.78 Å². The highest BCUT2D eigenvalue weighted by Crippen LogP contribution is 2.19. The van der Waals surface area contributed by atoms with E-state index in [2.05, 4.69) is 9.72 Å². The number of ketones is 1. The SMILES string of the molecule is COC(=O)c1csc(C(=O)[C@@H]2CO2)n1. The number of carbonyl (C=O) groups excluding carboxylic acids is 2. The first kappa shape index (κ1) is 9.29. The molecule has 0 bridgehead atoms. The average Bonchev–Trinajstić information content (AvgIpc) is 2.93. The van der Waals surface area contributed by atoms with Gasteiger partial charge in [0, 0.05) is 5.38 Å². The molecule has 2 heterocycles. The molecule has 1 fully saturated rings. The van der Waals surface area contributed by atoms with Crippen molar-refractivity contribution < 1.29 is 19.1 Å². The van der Waals surface area contributed by atoms with Crippen molar-refractivity contribution in [3.05, 3.63) is 16.1 Å². The Labute approximate surface area is 83.7 Å². The summed E-state index contributed by atoms with van der Waals surface area (Å²) in [5, 5.41) is 1.80. The fraction of sp³-hybridized carbons (Fsp3) is 0.375. The highest BCUT2D eigenvalue weighted by atomic mass is 32.1. The van der Waals surface area contributed by atoms with E-state index in [1.807, 2.05) is 0 Å². The number of rotatable bonds is 3. The Bertz CT molecular complexity index is 382. The molecule has 6 heteroatoms. The van der Waals surface area contributed by atoms with Crippen LogP contribution in [-0.4, -0.2) is 36.6 Å². The Balaban J connectivity index is 2.16. The minimum Gasteiger partial charge on any atom is -0.464 e. The summed E-state index contributed by atoms with van der Waals surface area (Å²) in [4.78, 5) is 26.3. The van der Waals surface area contributed by atoms with Crippen molar-refractivity contribution in [1.29, 1.82) is 0 Å². The Hall–Kier alpha value is -1.27. The zero-order valence-electron chi connectivity index (χ0n) is 7.35. The molecule has 1 aromatic rings. The number of hydrogen-bond donors (Lipinski definition) is 0. The molecule has 0 spiro atoms. The molecule has 5 nitrogen and oxygen atoms in total. The quantitative estimate of drug-likeness (QED) is 0.415. The molecule has 1 aliphatic heterocycles. The first-order valence-corrected chi connectivity index (χ1v) is 4.80. The van der Waals surface area contributed by atoms with Gasteiger partial charge in [-0.25, -0.2) is 9.78 Å². The number of esters is 1. The molecule has 0 saturated carbocycles. The van der Waals surface area contributed by atoms with Gasteiger partial charge in [-0.15, -0.1) is 11.3 Å². The lowest BCUT2D eigenvalue weighted by Gasteiger charge is -1.91. The maximum Gasteiger partial charge on any atom is 0.357 e. The van der Waals surface area contributed by atoms with Gasteiger partial charge in [-0.1, -0.05) is 0 Å². The molecule has 0 radical (unpaired) electrons. The topological polar surface area (TPSA) is 68.8 Å². The lowest BCUT2D eigenvalue weighted by atomic mass is 10.3. The number of hydrogen-bond acceptors (Lipinski definition) is 6. The van der Waals surface area contributed by atoms with Gasteiger partial charge in [0.25, 0.3) is 0 Å². The van der Waals surface area contributed by atoms with Gasteiger partial charge in [0.05, 0.1) is 13.7 Å². The number of ether oxygens (including phenoxy) is 2. The summed E-state index contributed by atoms with van der Waals surface area (Å²) >= 11 is 1.13. The van der Waals surface area contributed by atoms with E-state index in [9.17, 15) is 9.59 Å². The molecule has 74 valence electrons. The van der Waals surface area contributed by atoms with E-state index in [-0.39, 0.29) is 17.6 Å². The summed E-state index contributed by atoms with van der Waals surface area (Å²) in [5.74, 6) is -0.692. The second-order valence-corrected chi connectivity index (χ2v) is 3.57. The lowest BCUT2D eigenvalue weighted by molar-refractivity contribution is 0.0595.